The third kappa shape index (κ3) is 4.11. The van der Waals surface area contributed by atoms with Crippen LogP contribution in [0.1, 0.15) is 37.7 Å². The maximum absolute atomic E-state index is 14.3. The summed E-state index contributed by atoms with van der Waals surface area (Å²) in [7, 11) is 0. The van der Waals surface area contributed by atoms with Crippen molar-refractivity contribution < 1.29 is 18.7 Å². The van der Waals surface area contributed by atoms with Crippen LogP contribution in [-0.2, 0) is 16.0 Å². The van der Waals surface area contributed by atoms with Crippen molar-refractivity contribution in [2.45, 2.75) is 50.2 Å². The summed E-state index contributed by atoms with van der Waals surface area (Å²) < 4.78 is 26.0. The molecule has 1 N–H and O–H groups in total. The zero-order valence-corrected chi connectivity index (χ0v) is 18.3. The summed E-state index contributed by atoms with van der Waals surface area (Å²) >= 11 is 0. The van der Waals surface area contributed by atoms with E-state index in [9.17, 15) is 9.18 Å². The lowest BCUT2D eigenvalue weighted by Crippen LogP contribution is -2.62. The number of carbonyl (C=O) groups excluding carboxylic acids is 1. The third-order valence-electron chi connectivity index (χ3n) is 7.05. The van der Waals surface area contributed by atoms with Gasteiger partial charge in [-0.25, -0.2) is 4.39 Å². The number of rotatable bonds is 5. The smallest absolute Gasteiger partial charge is 0.240 e. The van der Waals surface area contributed by atoms with Crippen molar-refractivity contribution in [1.29, 1.82) is 0 Å². The second-order valence-corrected chi connectivity index (χ2v) is 9.03. The van der Waals surface area contributed by atoms with Crippen molar-refractivity contribution in [3.8, 4) is 16.9 Å². The molecule has 0 radical (unpaired) electrons. The molecular weight excluding hydrogens is 409 g/mol. The van der Waals surface area contributed by atoms with Crippen LogP contribution in [0.15, 0.2) is 36.7 Å². The molecule has 2 fully saturated rings. The highest BCUT2D eigenvalue weighted by Gasteiger charge is 2.45. The van der Waals surface area contributed by atoms with Crippen molar-refractivity contribution in [1.82, 2.24) is 15.2 Å². The van der Waals surface area contributed by atoms with Gasteiger partial charge in [-0.2, -0.15) is 0 Å². The Bertz CT molecular complexity index is 956. The van der Waals surface area contributed by atoms with Gasteiger partial charge in [-0.3, -0.25) is 14.7 Å². The number of benzene rings is 1. The Labute approximate surface area is 188 Å². The standard InChI is InChI=1S/C25H30FN3O3/c26-20-13-19-14-21(32-23(19)22(15-20)18-5-4-8-27-16-18)17-28-24(30)25(6-2-1-3-7-25)29-9-11-31-12-10-29/h4-5,8,13,15-16,21H,1-3,6-7,9-12,14,17H2,(H,28,30). The Balaban J connectivity index is 1.29. The van der Waals surface area contributed by atoms with Crippen LogP contribution < -0.4 is 10.1 Å². The summed E-state index contributed by atoms with van der Waals surface area (Å²) in [6.07, 6.45) is 8.88. The van der Waals surface area contributed by atoms with Crippen LogP contribution >= 0.6 is 0 Å². The van der Waals surface area contributed by atoms with Gasteiger partial charge in [0.25, 0.3) is 0 Å². The van der Waals surface area contributed by atoms with E-state index < -0.39 is 5.54 Å². The van der Waals surface area contributed by atoms with Gasteiger partial charge in [0.15, 0.2) is 0 Å². The van der Waals surface area contributed by atoms with Crippen molar-refractivity contribution in [2.24, 2.45) is 0 Å². The van der Waals surface area contributed by atoms with E-state index in [4.69, 9.17) is 9.47 Å². The number of ether oxygens (including phenoxy) is 2. The molecule has 2 aromatic rings. The first kappa shape index (κ1) is 21.3. The molecule has 1 saturated carbocycles. The fourth-order valence-corrected chi connectivity index (χ4v) is 5.43. The van der Waals surface area contributed by atoms with Crippen molar-refractivity contribution in [3.05, 3.63) is 48.0 Å². The molecule has 1 amide bonds. The molecule has 0 bridgehead atoms. The zero-order chi connectivity index (χ0) is 22.0. The highest BCUT2D eigenvalue weighted by Crippen LogP contribution is 2.39. The van der Waals surface area contributed by atoms with Gasteiger partial charge < -0.3 is 14.8 Å². The number of morpholine rings is 1. The first-order valence-electron chi connectivity index (χ1n) is 11.7. The number of hydrogen-bond donors (Lipinski definition) is 1. The molecule has 32 heavy (non-hydrogen) atoms. The molecule has 1 unspecified atom stereocenters. The summed E-state index contributed by atoms with van der Waals surface area (Å²) in [6.45, 7) is 3.37. The fraction of sp³-hybridized carbons (Fsp3) is 0.520. The van der Waals surface area contributed by atoms with Gasteiger partial charge in [-0.15, -0.1) is 0 Å². The Hall–Kier alpha value is -2.51. The molecule has 2 aliphatic heterocycles. The van der Waals surface area contributed by atoms with Gasteiger partial charge in [0, 0.05) is 48.6 Å². The largest absolute Gasteiger partial charge is 0.487 e. The van der Waals surface area contributed by atoms with Gasteiger partial charge in [-0.05, 0) is 31.0 Å². The molecule has 1 saturated heterocycles. The number of halogens is 1. The number of carbonyl (C=O) groups is 1. The number of hydrogen-bond acceptors (Lipinski definition) is 5. The molecule has 6 nitrogen and oxygen atoms in total. The van der Waals surface area contributed by atoms with E-state index in [1.807, 2.05) is 12.1 Å². The monoisotopic (exact) mass is 439 g/mol. The highest BCUT2D eigenvalue weighted by molar-refractivity contribution is 5.86. The average molecular weight is 440 g/mol. The molecule has 3 aliphatic rings. The summed E-state index contributed by atoms with van der Waals surface area (Å²) in [5.74, 6) is 0.501. The lowest BCUT2D eigenvalue weighted by Gasteiger charge is -2.46. The van der Waals surface area contributed by atoms with E-state index in [1.54, 1.807) is 12.4 Å². The first-order valence-corrected chi connectivity index (χ1v) is 11.7. The van der Waals surface area contributed by atoms with Crippen LogP contribution in [0.25, 0.3) is 11.1 Å². The van der Waals surface area contributed by atoms with E-state index in [1.165, 1.54) is 18.6 Å². The van der Waals surface area contributed by atoms with Gasteiger partial charge in [0.05, 0.1) is 19.8 Å². The topological polar surface area (TPSA) is 63.7 Å². The Morgan fingerprint density at radius 1 is 1.22 bits per heavy atom. The molecule has 170 valence electrons. The first-order chi connectivity index (χ1) is 15.7. The molecule has 1 atom stereocenters. The second-order valence-electron chi connectivity index (χ2n) is 9.03. The van der Waals surface area contributed by atoms with E-state index in [2.05, 4.69) is 15.2 Å². The summed E-state index contributed by atoms with van der Waals surface area (Å²) in [5, 5.41) is 3.19. The summed E-state index contributed by atoms with van der Waals surface area (Å²) in [6, 6.07) is 6.75. The summed E-state index contributed by atoms with van der Waals surface area (Å²) in [5.41, 5.74) is 1.92. The molecule has 1 aromatic heterocycles. The average Bonchev–Trinajstić information content (AvgIpc) is 3.26. The molecular formula is C25H30FN3O3. The van der Waals surface area contributed by atoms with E-state index >= 15 is 0 Å². The van der Waals surface area contributed by atoms with Gasteiger partial charge in [0.1, 0.15) is 23.2 Å². The number of pyridine rings is 1. The number of nitrogens with one attached hydrogen (secondary N) is 1. The lowest BCUT2D eigenvalue weighted by molar-refractivity contribution is -0.140. The maximum Gasteiger partial charge on any atom is 0.240 e. The van der Waals surface area contributed by atoms with Crippen LogP contribution in [0, 0.1) is 5.82 Å². The van der Waals surface area contributed by atoms with Crippen molar-refractivity contribution in [3.63, 3.8) is 0 Å². The minimum Gasteiger partial charge on any atom is -0.487 e. The van der Waals surface area contributed by atoms with Crippen LogP contribution in [0.5, 0.6) is 5.75 Å². The molecule has 7 heteroatoms. The number of fused-ring (bicyclic) bond motifs is 1. The molecule has 0 spiro atoms. The highest BCUT2D eigenvalue weighted by atomic mass is 19.1. The Kier molecular flexibility index (Phi) is 6.11. The van der Waals surface area contributed by atoms with Crippen LogP contribution in [0.4, 0.5) is 4.39 Å². The number of nitrogens with zero attached hydrogens (tertiary/aromatic N) is 2. The van der Waals surface area contributed by atoms with Gasteiger partial charge in [-0.1, -0.05) is 25.3 Å². The summed E-state index contributed by atoms with van der Waals surface area (Å²) in [4.78, 5) is 19.9. The normalized spacial score (nSPS) is 22.7. The van der Waals surface area contributed by atoms with Gasteiger partial charge in [0.2, 0.25) is 5.91 Å². The Morgan fingerprint density at radius 3 is 2.78 bits per heavy atom. The lowest BCUT2D eigenvalue weighted by atomic mass is 9.79. The predicted molar refractivity (Wildman–Crippen MR) is 119 cm³/mol. The Morgan fingerprint density at radius 2 is 2.03 bits per heavy atom. The van der Waals surface area contributed by atoms with Crippen molar-refractivity contribution >= 4 is 5.91 Å². The van der Waals surface area contributed by atoms with Crippen LogP contribution in [0.3, 0.4) is 0 Å². The maximum atomic E-state index is 14.3. The minimum atomic E-state index is -0.444. The minimum absolute atomic E-state index is 0.0947. The van der Waals surface area contributed by atoms with Gasteiger partial charge >= 0.3 is 0 Å². The zero-order valence-electron chi connectivity index (χ0n) is 18.3. The predicted octanol–water partition coefficient (Wildman–Crippen LogP) is 3.34. The second kappa shape index (κ2) is 9.16. The van der Waals surface area contributed by atoms with E-state index in [0.717, 1.165) is 49.9 Å². The molecule has 3 heterocycles. The molecule has 1 aliphatic carbocycles. The number of amides is 1. The van der Waals surface area contributed by atoms with E-state index in [0.29, 0.717) is 37.5 Å². The van der Waals surface area contributed by atoms with Crippen molar-refractivity contribution in [2.75, 3.05) is 32.8 Å². The molecule has 5 rings (SSSR count). The van der Waals surface area contributed by atoms with E-state index in [-0.39, 0.29) is 17.8 Å². The quantitative estimate of drug-likeness (QED) is 0.774. The number of aromatic nitrogens is 1. The van der Waals surface area contributed by atoms with Crippen LogP contribution in [0.2, 0.25) is 0 Å². The fourth-order valence-electron chi connectivity index (χ4n) is 5.43. The molecule has 1 aromatic carbocycles. The third-order valence-corrected chi connectivity index (χ3v) is 7.05. The SMILES string of the molecule is O=C(NCC1Cc2cc(F)cc(-c3cccnc3)c2O1)C1(N2CCOCC2)CCCCC1. The van der Waals surface area contributed by atoms with Crippen LogP contribution in [-0.4, -0.2) is 60.3 Å².